The number of hydrogen-bond acceptors (Lipinski definition) is 5. The molecular weight excluding hydrogens is 256 g/mol. The first-order valence-corrected chi connectivity index (χ1v) is 6.65. The highest BCUT2D eigenvalue weighted by Crippen LogP contribution is 2.18. The number of fused-ring (bicyclic) bond motifs is 1. The lowest BCUT2D eigenvalue weighted by atomic mass is 10.2. The molecule has 0 radical (unpaired) electrons. The summed E-state index contributed by atoms with van der Waals surface area (Å²) in [6.07, 6.45) is 1.20. The van der Waals surface area contributed by atoms with Crippen molar-refractivity contribution in [1.29, 1.82) is 0 Å². The second kappa shape index (κ2) is 7.79. The maximum absolute atomic E-state index is 9.78. The van der Waals surface area contributed by atoms with Gasteiger partial charge >= 0.3 is 0 Å². The molecular formula is C15H20N2O3. The minimum atomic E-state index is -0.550. The van der Waals surface area contributed by atoms with E-state index in [9.17, 15) is 5.11 Å². The van der Waals surface area contributed by atoms with E-state index in [1.165, 1.54) is 0 Å². The summed E-state index contributed by atoms with van der Waals surface area (Å²) in [6.45, 7) is 2.07. The summed E-state index contributed by atoms with van der Waals surface area (Å²) in [5, 5.41) is 13.9. The van der Waals surface area contributed by atoms with E-state index in [1.807, 2.05) is 30.3 Å². The predicted octanol–water partition coefficient (Wildman–Crippen LogP) is 1.21. The molecule has 0 saturated carbocycles. The number of aromatic nitrogens is 1. The number of rotatable bonds is 8. The normalized spacial score (nSPS) is 12.5. The van der Waals surface area contributed by atoms with Crippen LogP contribution in [-0.2, 0) is 4.74 Å². The molecule has 0 saturated heterocycles. The molecule has 2 N–H and O–H groups in total. The fourth-order valence-corrected chi connectivity index (χ4v) is 1.83. The van der Waals surface area contributed by atoms with Gasteiger partial charge < -0.3 is 19.9 Å². The monoisotopic (exact) mass is 276 g/mol. The molecule has 0 spiro atoms. The Bertz CT molecular complexity index is 533. The lowest BCUT2D eigenvalue weighted by Crippen LogP contribution is -2.33. The molecule has 0 amide bonds. The lowest BCUT2D eigenvalue weighted by Gasteiger charge is -2.13. The molecule has 0 fully saturated rings. The van der Waals surface area contributed by atoms with Crippen molar-refractivity contribution in [3.8, 4) is 5.75 Å². The molecule has 20 heavy (non-hydrogen) atoms. The molecule has 1 aromatic heterocycles. The van der Waals surface area contributed by atoms with Gasteiger partial charge in [-0.1, -0.05) is 6.07 Å². The molecule has 0 aliphatic rings. The third kappa shape index (κ3) is 4.45. The zero-order valence-corrected chi connectivity index (χ0v) is 11.6. The van der Waals surface area contributed by atoms with E-state index in [0.29, 0.717) is 25.4 Å². The van der Waals surface area contributed by atoms with Gasteiger partial charge in [-0.15, -0.1) is 0 Å². The summed E-state index contributed by atoms with van der Waals surface area (Å²) in [4.78, 5) is 4.27. The van der Waals surface area contributed by atoms with Gasteiger partial charge in [0.1, 0.15) is 18.5 Å². The number of aliphatic hydroxyl groups excluding tert-OH is 1. The number of nitrogens with zero attached hydrogens (tertiary/aromatic N) is 1. The van der Waals surface area contributed by atoms with Crippen LogP contribution in [0.25, 0.3) is 10.9 Å². The average Bonchev–Trinajstić information content (AvgIpc) is 2.49. The highest BCUT2D eigenvalue weighted by Gasteiger charge is 2.05. The summed E-state index contributed by atoms with van der Waals surface area (Å²) in [5.74, 6) is 0.715. The summed E-state index contributed by atoms with van der Waals surface area (Å²) in [5.41, 5.74) is 0.887. The van der Waals surface area contributed by atoms with Crippen LogP contribution < -0.4 is 10.1 Å². The third-order valence-electron chi connectivity index (χ3n) is 2.88. The highest BCUT2D eigenvalue weighted by atomic mass is 16.5. The molecule has 2 aromatic rings. The van der Waals surface area contributed by atoms with Crippen LogP contribution in [0.5, 0.6) is 5.75 Å². The Morgan fingerprint density at radius 1 is 1.35 bits per heavy atom. The van der Waals surface area contributed by atoms with E-state index in [-0.39, 0.29) is 6.61 Å². The smallest absolute Gasteiger partial charge is 0.121 e. The first-order chi connectivity index (χ1) is 9.79. The van der Waals surface area contributed by atoms with E-state index < -0.39 is 6.10 Å². The molecule has 5 heteroatoms. The lowest BCUT2D eigenvalue weighted by molar-refractivity contribution is 0.103. The molecule has 0 aliphatic carbocycles. The zero-order chi connectivity index (χ0) is 14.2. The Kier molecular flexibility index (Phi) is 5.73. The summed E-state index contributed by atoms with van der Waals surface area (Å²) < 4.78 is 10.5. The second-order valence-electron chi connectivity index (χ2n) is 4.52. The number of methoxy groups -OCH3 is 1. The molecule has 5 nitrogen and oxygen atoms in total. The van der Waals surface area contributed by atoms with Crippen LogP contribution in [0.4, 0.5) is 0 Å². The number of nitrogens with one attached hydrogen (secondary N) is 1. The topological polar surface area (TPSA) is 63.6 Å². The van der Waals surface area contributed by atoms with Crippen molar-refractivity contribution in [1.82, 2.24) is 10.3 Å². The van der Waals surface area contributed by atoms with Crippen molar-refractivity contribution >= 4 is 10.9 Å². The van der Waals surface area contributed by atoms with Crippen LogP contribution >= 0.6 is 0 Å². The van der Waals surface area contributed by atoms with Crippen LogP contribution in [-0.4, -0.2) is 49.6 Å². The van der Waals surface area contributed by atoms with Crippen LogP contribution in [0.2, 0.25) is 0 Å². The molecule has 1 heterocycles. The van der Waals surface area contributed by atoms with E-state index in [4.69, 9.17) is 9.47 Å². The van der Waals surface area contributed by atoms with Crippen molar-refractivity contribution in [3.63, 3.8) is 0 Å². The van der Waals surface area contributed by atoms with Gasteiger partial charge in [0.15, 0.2) is 0 Å². The summed E-state index contributed by atoms with van der Waals surface area (Å²) in [6, 6.07) is 9.62. The Morgan fingerprint density at radius 2 is 2.25 bits per heavy atom. The standard InChI is InChI=1S/C15H20N2O3/c1-19-8-7-16-10-13(18)11-20-14-5-4-12-3-2-6-17-15(12)9-14/h2-6,9,13,16,18H,7-8,10-11H2,1H3. The SMILES string of the molecule is COCCNCC(O)COc1ccc2cccnc2c1. The quantitative estimate of drug-likeness (QED) is 0.710. The van der Waals surface area contributed by atoms with Crippen LogP contribution in [0, 0.1) is 0 Å². The fourth-order valence-electron chi connectivity index (χ4n) is 1.83. The van der Waals surface area contributed by atoms with Gasteiger partial charge in [0.2, 0.25) is 0 Å². The van der Waals surface area contributed by atoms with Crippen molar-refractivity contribution in [2.75, 3.05) is 33.4 Å². The first kappa shape index (κ1) is 14.7. The molecule has 1 aromatic carbocycles. The van der Waals surface area contributed by atoms with Gasteiger partial charge in [0.25, 0.3) is 0 Å². The number of benzene rings is 1. The Hall–Kier alpha value is -1.69. The third-order valence-corrected chi connectivity index (χ3v) is 2.88. The van der Waals surface area contributed by atoms with Gasteiger partial charge in [-0.05, 0) is 18.2 Å². The van der Waals surface area contributed by atoms with E-state index >= 15 is 0 Å². The van der Waals surface area contributed by atoms with Gasteiger partial charge in [-0.3, -0.25) is 4.98 Å². The second-order valence-corrected chi connectivity index (χ2v) is 4.52. The van der Waals surface area contributed by atoms with Gasteiger partial charge in [0, 0.05) is 37.8 Å². The number of pyridine rings is 1. The Balaban J connectivity index is 1.80. The van der Waals surface area contributed by atoms with Crippen molar-refractivity contribution in [2.24, 2.45) is 0 Å². The summed E-state index contributed by atoms with van der Waals surface area (Å²) >= 11 is 0. The van der Waals surface area contributed by atoms with Gasteiger partial charge in [-0.2, -0.15) is 0 Å². The Labute approximate surface area is 118 Å². The van der Waals surface area contributed by atoms with Crippen LogP contribution in [0.3, 0.4) is 0 Å². The van der Waals surface area contributed by atoms with Gasteiger partial charge in [0.05, 0.1) is 12.1 Å². The summed E-state index contributed by atoms with van der Waals surface area (Å²) in [7, 11) is 1.65. The fraction of sp³-hybridized carbons (Fsp3) is 0.400. The number of hydrogen-bond donors (Lipinski definition) is 2. The first-order valence-electron chi connectivity index (χ1n) is 6.65. The van der Waals surface area contributed by atoms with Crippen molar-refractivity contribution in [2.45, 2.75) is 6.10 Å². The van der Waals surface area contributed by atoms with Crippen molar-refractivity contribution < 1.29 is 14.6 Å². The molecule has 2 rings (SSSR count). The van der Waals surface area contributed by atoms with Gasteiger partial charge in [-0.25, -0.2) is 0 Å². The predicted molar refractivity (Wildman–Crippen MR) is 78.0 cm³/mol. The molecule has 108 valence electrons. The number of ether oxygens (including phenoxy) is 2. The molecule has 0 bridgehead atoms. The maximum atomic E-state index is 9.78. The van der Waals surface area contributed by atoms with Crippen LogP contribution in [0.1, 0.15) is 0 Å². The Morgan fingerprint density at radius 3 is 3.10 bits per heavy atom. The minimum Gasteiger partial charge on any atom is -0.491 e. The van der Waals surface area contributed by atoms with E-state index in [0.717, 1.165) is 10.9 Å². The average molecular weight is 276 g/mol. The molecule has 0 aliphatic heterocycles. The molecule has 1 atom stereocenters. The largest absolute Gasteiger partial charge is 0.491 e. The highest BCUT2D eigenvalue weighted by molar-refractivity contribution is 5.79. The molecule has 1 unspecified atom stereocenters. The van der Waals surface area contributed by atoms with E-state index in [1.54, 1.807) is 13.3 Å². The minimum absolute atomic E-state index is 0.248. The van der Waals surface area contributed by atoms with Crippen molar-refractivity contribution in [3.05, 3.63) is 36.5 Å². The number of aliphatic hydroxyl groups is 1. The van der Waals surface area contributed by atoms with E-state index in [2.05, 4.69) is 10.3 Å². The van der Waals surface area contributed by atoms with Crippen LogP contribution in [0.15, 0.2) is 36.5 Å². The zero-order valence-electron chi connectivity index (χ0n) is 11.6. The maximum Gasteiger partial charge on any atom is 0.121 e.